The number of fused-ring (bicyclic) bond motifs is 5. The van der Waals surface area contributed by atoms with Crippen molar-refractivity contribution < 1.29 is 20.1 Å². The first-order valence-electron chi connectivity index (χ1n) is 11.8. The van der Waals surface area contributed by atoms with Gasteiger partial charge in [-0.2, -0.15) is 0 Å². The van der Waals surface area contributed by atoms with E-state index in [4.69, 9.17) is 5.11 Å². The quantitative estimate of drug-likeness (QED) is 0.665. The maximum Gasteiger partial charge on any atom is 0.303 e. The lowest BCUT2D eigenvalue weighted by molar-refractivity contribution is -0.177. The number of aliphatic hydroxyl groups excluding tert-OH is 2. The molecule has 0 aromatic heterocycles. The third-order valence-corrected chi connectivity index (χ3v) is 9.88. The van der Waals surface area contributed by atoms with E-state index in [0.717, 1.165) is 31.6 Å². The number of carboxylic acid groups (broad SMARTS) is 1. The summed E-state index contributed by atoms with van der Waals surface area (Å²) in [6.07, 6.45) is 8.14. The molecule has 11 atom stereocenters. The van der Waals surface area contributed by atoms with Crippen LogP contribution in [0.15, 0.2) is 0 Å². The lowest BCUT2D eigenvalue weighted by Gasteiger charge is -2.61. The third-order valence-electron chi connectivity index (χ3n) is 9.88. The van der Waals surface area contributed by atoms with Gasteiger partial charge in [0, 0.05) is 6.42 Å². The Morgan fingerprint density at radius 3 is 2.50 bits per heavy atom. The number of aliphatic carboxylic acids is 1. The van der Waals surface area contributed by atoms with Crippen LogP contribution in [-0.2, 0) is 4.79 Å². The van der Waals surface area contributed by atoms with Crippen LogP contribution in [0.3, 0.4) is 0 Å². The molecule has 4 nitrogen and oxygen atoms in total. The van der Waals surface area contributed by atoms with Gasteiger partial charge in [0.2, 0.25) is 0 Å². The lowest BCUT2D eigenvalue weighted by atomic mass is 9.45. The van der Waals surface area contributed by atoms with E-state index in [2.05, 4.69) is 20.8 Å². The van der Waals surface area contributed by atoms with E-state index in [1.165, 1.54) is 19.3 Å². The molecule has 0 saturated heterocycles. The van der Waals surface area contributed by atoms with E-state index < -0.39 is 5.97 Å². The van der Waals surface area contributed by atoms with Gasteiger partial charge in [0.1, 0.15) is 0 Å². The minimum Gasteiger partial charge on any atom is -0.481 e. The minimum atomic E-state index is -0.723. The molecule has 0 radical (unpaired) electrons. The van der Waals surface area contributed by atoms with Crippen molar-refractivity contribution in [3.63, 3.8) is 0 Å². The molecule has 4 fully saturated rings. The number of carboxylic acids is 1. The number of hydrogen-bond acceptors (Lipinski definition) is 3. The highest BCUT2D eigenvalue weighted by molar-refractivity contribution is 5.66. The van der Waals surface area contributed by atoms with Crippen molar-refractivity contribution in [1.82, 2.24) is 0 Å². The van der Waals surface area contributed by atoms with Crippen LogP contribution < -0.4 is 0 Å². The van der Waals surface area contributed by atoms with Gasteiger partial charge in [0.05, 0.1) is 12.2 Å². The fraction of sp³-hybridized carbons (Fsp3) is 0.958. The Bertz CT molecular complexity index is 591. The van der Waals surface area contributed by atoms with Crippen molar-refractivity contribution >= 4 is 5.97 Å². The average Bonchev–Trinajstić information content (AvgIpc) is 3.07. The molecule has 4 aliphatic rings. The zero-order valence-corrected chi connectivity index (χ0v) is 17.9. The van der Waals surface area contributed by atoms with E-state index in [1.807, 2.05) is 0 Å². The number of hydrogen-bond donors (Lipinski definition) is 3. The number of carbonyl (C=O) groups is 1. The van der Waals surface area contributed by atoms with Gasteiger partial charge in [-0.25, -0.2) is 0 Å². The first-order valence-corrected chi connectivity index (χ1v) is 11.8. The van der Waals surface area contributed by atoms with Crippen LogP contribution in [0.25, 0.3) is 0 Å². The highest BCUT2D eigenvalue weighted by Gasteiger charge is 2.61. The molecule has 0 amide bonds. The summed E-state index contributed by atoms with van der Waals surface area (Å²) in [5, 5.41) is 31.5. The summed E-state index contributed by atoms with van der Waals surface area (Å²) in [5.41, 5.74) is 0.273. The molecule has 6 unspecified atom stereocenters. The van der Waals surface area contributed by atoms with E-state index in [1.54, 1.807) is 0 Å². The molecule has 0 aliphatic heterocycles. The highest BCUT2D eigenvalue weighted by Crippen LogP contribution is 2.64. The van der Waals surface area contributed by atoms with Crippen LogP contribution >= 0.6 is 0 Å². The Morgan fingerprint density at radius 1 is 1.07 bits per heavy atom. The molecule has 3 N–H and O–H groups in total. The fourth-order valence-corrected chi connectivity index (χ4v) is 8.41. The van der Waals surface area contributed by atoms with Gasteiger partial charge in [0.25, 0.3) is 0 Å². The molecular weight excluding hydrogens is 352 g/mol. The Hall–Kier alpha value is -0.610. The topological polar surface area (TPSA) is 77.8 Å². The largest absolute Gasteiger partial charge is 0.481 e. The third kappa shape index (κ3) is 3.33. The van der Waals surface area contributed by atoms with E-state index in [9.17, 15) is 15.0 Å². The molecule has 0 heterocycles. The number of rotatable bonds is 4. The van der Waals surface area contributed by atoms with Crippen LogP contribution in [0.2, 0.25) is 0 Å². The second-order valence-electron chi connectivity index (χ2n) is 11.3. The molecule has 4 saturated carbocycles. The van der Waals surface area contributed by atoms with Crippen LogP contribution in [0.5, 0.6) is 0 Å². The Balaban J connectivity index is 1.55. The second-order valence-corrected chi connectivity index (χ2v) is 11.3. The zero-order valence-electron chi connectivity index (χ0n) is 17.9. The lowest BCUT2D eigenvalue weighted by Crippen LogP contribution is -2.59. The maximum atomic E-state index is 11.3. The molecule has 4 heteroatoms. The molecule has 4 aliphatic carbocycles. The number of aliphatic hydroxyl groups is 2. The highest BCUT2D eigenvalue weighted by atomic mass is 16.4. The summed E-state index contributed by atoms with van der Waals surface area (Å²) in [6, 6.07) is 0. The first-order chi connectivity index (χ1) is 13.2. The van der Waals surface area contributed by atoms with Crippen molar-refractivity contribution in [2.45, 2.75) is 90.8 Å². The van der Waals surface area contributed by atoms with Crippen molar-refractivity contribution in [3.05, 3.63) is 0 Å². The molecule has 4 rings (SSSR count). The van der Waals surface area contributed by atoms with Gasteiger partial charge in [-0.05, 0) is 97.7 Å². The Labute approximate surface area is 170 Å². The molecule has 160 valence electrons. The Morgan fingerprint density at radius 2 is 1.79 bits per heavy atom. The molecule has 0 spiro atoms. The summed E-state index contributed by atoms with van der Waals surface area (Å²) < 4.78 is 0. The summed E-state index contributed by atoms with van der Waals surface area (Å²) in [7, 11) is 0. The predicted octanol–water partition coefficient (Wildman–Crippen LogP) is 4.33. The molecule has 0 bridgehead atoms. The predicted molar refractivity (Wildman–Crippen MR) is 109 cm³/mol. The van der Waals surface area contributed by atoms with Crippen LogP contribution in [0, 0.1) is 52.8 Å². The van der Waals surface area contributed by atoms with E-state index in [0.29, 0.717) is 41.9 Å². The maximum absolute atomic E-state index is 11.3. The normalized spacial score (nSPS) is 51.7. The fourth-order valence-electron chi connectivity index (χ4n) is 8.41. The van der Waals surface area contributed by atoms with Gasteiger partial charge in [-0.15, -0.1) is 0 Å². The molecular formula is C24H40O4. The van der Waals surface area contributed by atoms with Crippen molar-refractivity contribution in [2.24, 2.45) is 52.8 Å². The van der Waals surface area contributed by atoms with Gasteiger partial charge >= 0.3 is 5.97 Å². The van der Waals surface area contributed by atoms with E-state index >= 15 is 0 Å². The average molecular weight is 393 g/mol. The van der Waals surface area contributed by atoms with Gasteiger partial charge < -0.3 is 15.3 Å². The first kappa shape index (κ1) is 20.7. The SMILES string of the molecule is CC1CCC2(C)C(C1)C[C@@H](O)C1[C@@H]3CCC([C@H](C)CCC(=O)O)C3[C@@H](O)C[C@@H]12. The van der Waals surface area contributed by atoms with E-state index in [-0.39, 0.29) is 30.0 Å². The molecule has 28 heavy (non-hydrogen) atoms. The second kappa shape index (κ2) is 7.58. The Kier molecular flexibility index (Phi) is 5.59. The van der Waals surface area contributed by atoms with Crippen molar-refractivity contribution in [1.29, 1.82) is 0 Å². The minimum absolute atomic E-state index is 0.220. The van der Waals surface area contributed by atoms with Crippen molar-refractivity contribution in [2.75, 3.05) is 0 Å². The van der Waals surface area contributed by atoms with Crippen molar-refractivity contribution in [3.8, 4) is 0 Å². The smallest absolute Gasteiger partial charge is 0.303 e. The summed E-state index contributed by atoms with van der Waals surface area (Å²) in [5.74, 6) is 2.82. The summed E-state index contributed by atoms with van der Waals surface area (Å²) >= 11 is 0. The molecule has 0 aromatic carbocycles. The zero-order chi connectivity index (χ0) is 20.2. The monoisotopic (exact) mass is 392 g/mol. The van der Waals surface area contributed by atoms with Crippen LogP contribution in [0.4, 0.5) is 0 Å². The standard InChI is InChI=1S/C24H40O4/c1-13-8-9-24(3)15(10-13)11-19(25)23-17-6-5-16(14(2)4-7-21(27)28)22(17)20(26)12-18(23)24/h13-20,22-23,25-26H,4-12H2,1-3H3,(H,27,28)/t13?,14-,15?,16?,17-,18+,19-,20+,22?,23?,24?/m1/s1. The van der Waals surface area contributed by atoms with Gasteiger partial charge in [-0.1, -0.05) is 27.2 Å². The summed E-state index contributed by atoms with van der Waals surface area (Å²) in [4.78, 5) is 11.0. The van der Waals surface area contributed by atoms with Gasteiger partial charge in [0.15, 0.2) is 0 Å². The molecule has 0 aromatic rings. The van der Waals surface area contributed by atoms with Gasteiger partial charge in [-0.3, -0.25) is 4.79 Å². The van der Waals surface area contributed by atoms with Crippen LogP contribution in [0.1, 0.15) is 78.6 Å². The van der Waals surface area contributed by atoms with Crippen LogP contribution in [-0.4, -0.2) is 33.5 Å². The summed E-state index contributed by atoms with van der Waals surface area (Å²) in [6.45, 7) is 6.98.